The summed E-state index contributed by atoms with van der Waals surface area (Å²) in [5.74, 6) is -0.713. The highest BCUT2D eigenvalue weighted by Crippen LogP contribution is 2.06. The SMILES string of the molecule is O=COC(=O)CC(O)CCCCCO. The average molecular weight is 204 g/mol. The van der Waals surface area contributed by atoms with Crippen LogP contribution in [0.25, 0.3) is 0 Å². The summed E-state index contributed by atoms with van der Waals surface area (Å²) in [7, 11) is 0. The molecule has 0 aromatic carbocycles. The predicted octanol–water partition coefficient (Wildman–Crippen LogP) is -0.0103. The summed E-state index contributed by atoms with van der Waals surface area (Å²) >= 11 is 0. The van der Waals surface area contributed by atoms with Crippen LogP contribution >= 0.6 is 0 Å². The first-order valence-electron chi connectivity index (χ1n) is 4.62. The average Bonchev–Trinajstić information content (AvgIpc) is 2.13. The van der Waals surface area contributed by atoms with Crippen LogP contribution in [0.4, 0.5) is 0 Å². The van der Waals surface area contributed by atoms with Crippen LogP contribution in [0.5, 0.6) is 0 Å². The number of ether oxygens (including phenoxy) is 1. The second kappa shape index (κ2) is 8.65. The maximum Gasteiger partial charge on any atom is 0.315 e. The lowest BCUT2D eigenvalue weighted by Gasteiger charge is -2.07. The number of aliphatic hydroxyl groups excluding tert-OH is 2. The number of rotatable bonds is 8. The van der Waals surface area contributed by atoms with E-state index in [1.54, 1.807) is 0 Å². The van der Waals surface area contributed by atoms with Crippen molar-refractivity contribution in [1.82, 2.24) is 0 Å². The van der Waals surface area contributed by atoms with Crippen molar-refractivity contribution in [2.45, 2.75) is 38.2 Å². The Morgan fingerprint density at radius 1 is 1.36 bits per heavy atom. The smallest absolute Gasteiger partial charge is 0.315 e. The Balaban J connectivity index is 3.39. The zero-order valence-electron chi connectivity index (χ0n) is 8.02. The van der Waals surface area contributed by atoms with Crippen molar-refractivity contribution in [3.05, 3.63) is 0 Å². The molecule has 82 valence electrons. The molecule has 0 aromatic rings. The number of unbranched alkanes of at least 4 members (excludes halogenated alkanes) is 2. The van der Waals surface area contributed by atoms with Gasteiger partial charge in [0.15, 0.2) is 0 Å². The molecule has 0 aliphatic heterocycles. The van der Waals surface area contributed by atoms with Crippen molar-refractivity contribution in [2.75, 3.05) is 6.61 Å². The summed E-state index contributed by atoms with van der Waals surface area (Å²) in [6, 6.07) is 0. The van der Waals surface area contributed by atoms with Crippen LogP contribution in [-0.4, -0.2) is 35.4 Å². The topological polar surface area (TPSA) is 83.8 Å². The van der Waals surface area contributed by atoms with Crippen molar-refractivity contribution in [3.63, 3.8) is 0 Å². The minimum Gasteiger partial charge on any atom is -0.396 e. The highest BCUT2D eigenvalue weighted by atomic mass is 16.6. The highest BCUT2D eigenvalue weighted by Gasteiger charge is 2.11. The number of hydrogen-bond acceptors (Lipinski definition) is 5. The minimum atomic E-state index is -0.763. The molecule has 0 saturated carbocycles. The monoisotopic (exact) mass is 204 g/mol. The first-order valence-corrected chi connectivity index (χ1v) is 4.62. The van der Waals surface area contributed by atoms with Crippen LogP contribution in [0.15, 0.2) is 0 Å². The Kier molecular flexibility index (Phi) is 8.07. The fraction of sp³-hybridized carbons (Fsp3) is 0.778. The van der Waals surface area contributed by atoms with E-state index in [0.717, 1.165) is 12.8 Å². The van der Waals surface area contributed by atoms with E-state index in [4.69, 9.17) is 5.11 Å². The fourth-order valence-corrected chi connectivity index (χ4v) is 1.06. The lowest BCUT2D eigenvalue weighted by atomic mass is 10.1. The first-order chi connectivity index (χ1) is 6.70. The van der Waals surface area contributed by atoms with Gasteiger partial charge in [-0.05, 0) is 12.8 Å². The molecule has 0 bridgehead atoms. The molecule has 5 heteroatoms. The van der Waals surface area contributed by atoms with E-state index in [0.29, 0.717) is 12.8 Å². The van der Waals surface area contributed by atoms with Crippen LogP contribution in [-0.2, 0) is 14.3 Å². The van der Waals surface area contributed by atoms with Crippen LogP contribution in [0, 0.1) is 0 Å². The molecule has 0 spiro atoms. The van der Waals surface area contributed by atoms with Crippen LogP contribution in [0.2, 0.25) is 0 Å². The summed E-state index contributed by atoms with van der Waals surface area (Å²) in [5, 5.41) is 17.7. The molecular weight excluding hydrogens is 188 g/mol. The van der Waals surface area contributed by atoms with Crippen LogP contribution in [0.1, 0.15) is 32.1 Å². The molecule has 5 nitrogen and oxygen atoms in total. The lowest BCUT2D eigenvalue weighted by Crippen LogP contribution is -2.15. The van der Waals surface area contributed by atoms with Gasteiger partial charge in [0.25, 0.3) is 0 Å². The standard InChI is InChI=1S/C9H16O5/c10-5-3-1-2-4-8(12)6-9(13)14-7-11/h7-8,10,12H,1-6H2. The fourth-order valence-electron chi connectivity index (χ4n) is 1.06. The van der Waals surface area contributed by atoms with Gasteiger partial charge in [-0.25, -0.2) is 0 Å². The summed E-state index contributed by atoms with van der Waals surface area (Å²) < 4.78 is 4.02. The quantitative estimate of drug-likeness (QED) is 0.251. The maximum absolute atomic E-state index is 10.7. The third kappa shape index (κ3) is 7.70. The third-order valence-corrected chi connectivity index (χ3v) is 1.78. The van der Waals surface area contributed by atoms with E-state index in [2.05, 4.69) is 4.74 Å². The zero-order chi connectivity index (χ0) is 10.8. The molecule has 0 rings (SSSR count). The van der Waals surface area contributed by atoms with E-state index < -0.39 is 12.1 Å². The Labute approximate surface area is 82.7 Å². The molecule has 0 fully saturated rings. The summed E-state index contributed by atoms with van der Waals surface area (Å²) in [6.07, 6.45) is 1.82. The molecular formula is C9H16O5. The van der Waals surface area contributed by atoms with Crippen LogP contribution in [0.3, 0.4) is 0 Å². The van der Waals surface area contributed by atoms with E-state index in [1.807, 2.05) is 0 Å². The second-order valence-electron chi connectivity index (χ2n) is 3.02. The Bertz CT molecular complexity index is 169. The third-order valence-electron chi connectivity index (χ3n) is 1.78. The minimum absolute atomic E-state index is 0.0564. The van der Waals surface area contributed by atoms with Crippen LogP contribution < -0.4 is 0 Å². The number of carbonyl (C=O) groups is 2. The summed E-state index contributed by atoms with van der Waals surface area (Å²) in [4.78, 5) is 20.4. The largest absolute Gasteiger partial charge is 0.396 e. The number of aliphatic hydroxyl groups is 2. The number of hydrogen-bond donors (Lipinski definition) is 2. The molecule has 0 heterocycles. The van der Waals surface area contributed by atoms with Gasteiger partial charge in [0.2, 0.25) is 0 Å². The Morgan fingerprint density at radius 3 is 2.64 bits per heavy atom. The summed E-state index contributed by atoms with van der Waals surface area (Å²) in [5.41, 5.74) is 0. The van der Waals surface area contributed by atoms with Gasteiger partial charge in [-0.15, -0.1) is 0 Å². The molecule has 0 aliphatic rings. The summed E-state index contributed by atoms with van der Waals surface area (Å²) in [6.45, 7) is 0.199. The van der Waals surface area contributed by atoms with Gasteiger partial charge in [0.1, 0.15) is 0 Å². The van der Waals surface area contributed by atoms with E-state index in [-0.39, 0.29) is 19.5 Å². The van der Waals surface area contributed by atoms with Gasteiger partial charge in [0.05, 0.1) is 12.5 Å². The molecule has 0 aliphatic carbocycles. The van der Waals surface area contributed by atoms with Gasteiger partial charge in [0, 0.05) is 6.61 Å². The lowest BCUT2D eigenvalue weighted by molar-refractivity contribution is -0.152. The van der Waals surface area contributed by atoms with Crippen molar-refractivity contribution in [3.8, 4) is 0 Å². The normalized spacial score (nSPS) is 12.1. The van der Waals surface area contributed by atoms with Gasteiger partial charge >= 0.3 is 12.4 Å². The predicted molar refractivity (Wildman–Crippen MR) is 48.3 cm³/mol. The van der Waals surface area contributed by atoms with E-state index >= 15 is 0 Å². The first kappa shape index (κ1) is 13.1. The Morgan fingerprint density at radius 2 is 2.07 bits per heavy atom. The molecule has 0 amide bonds. The molecule has 0 saturated heterocycles. The van der Waals surface area contributed by atoms with Gasteiger partial charge < -0.3 is 14.9 Å². The van der Waals surface area contributed by atoms with E-state index in [1.165, 1.54) is 0 Å². The molecule has 2 N–H and O–H groups in total. The molecule has 1 atom stereocenters. The maximum atomic E-state index is 10.7. The molecule has 14 heavy (non-hydrogen) atoms. The van der Waals surface area contributed by atoms with Gasteiger partial charge in [-0.1, -0.05) is 12.8 Å². The Hall–Kier alpha value is -0.940. The zero-order valence-corrected chi connectivity index (χ0v) is 8.02. The van der Waals surface area contributed by atoms with Gasteiger partial charge in [-0.2, -0.15) is 0 Å². The highest BCUT2D eigenvalue weighted by molar-refractivity contribution is 5.76. The van der Waals surface area contributed by atoms with Crippen molar-refractivity contribution in [1.29, 1.82) is 0 Å². The van der Waals surface area contributed by atoms with Gasteiger partial charge in [-0.3, -0.25) is 9.59 Å². The van der Waals surface area contributed by atoms with Crippen molar-refractivity contribution in [2.24, 2.45) is 0 Å². The molecule has 0 aromatic heterocycles. The molecule has 1 unspecified atom stereocenters. The second-order valence-corrected chi connectivity index (χ2v) is 3.02. The molecule has 0 radical (unpaired) electrons. The number of carbonyl (C=O) groups excluding carboxylic acids is 2. The van der Waals surface area contributed by atoms with Crippen molar-refractivity contribution < 1.29 is 24.5 Å². The number of esters is 1. The van der Waals surface area contributed by atoms with Crippen molar-refractivity contribution >= 4 is 12.4 Å². The van der Waals surface area contributed by atoms with E-state index in [9.17, 15) is 14.7 Å².